The third-order valence-corrected chi connectivity index (χ3v) is 4.81. The molecule has 0 saturated heterocycles. The molecule has 0 aliphatic carbocycles. The predicted octanol–water partition coefficient (Wildman–Crippen LogP) is 6.36. The summed E-state index contributed by atoms with van der Waals surface area (Å²) in [6.45, 7) is -0.0519. The lowest BCUT2D eigenvalue weighted by Gasteiger charge is -2.13. The van der Waals surface area contributed by atoms with Gasteiger partial charge in [0.25, 0.3) is 5.69 Å². The number of nitro benzene ring substituents is 1. The first-order valence-electron chi connectivity index (χ1n) is 9.89. The minimum absolute atomic E-state index is 0.0137. The summed E-state index contributed by atoms with van der Waals surface area (Å²) >= 11 is 5.94. The quantitative estimate of drug-likeness (QED) is 0.181. The first-order valence-corrected chi connectivity index (χ1v) is 10.3. The molecule has 1 N–H and O–H groups in total. The zero-order chi connectivity index (χ0) is 25.6. The molecule has 35 heavy (non-hydrogen) atoms. The molecule has 0 bridgehead atoms. The maximum absolute atomic E-state index is 12.9. The number of nitrogens with one attached hydrogen (secondary N) is 1. The van der Waals surface area contributed by atoms with Gasteiger partial charge in [0, 0.05) is 19.2 Å². The van der Waals surface area contributed by atoms with Gasteiger partial charge in [0.2, 0.25) is 5.90 Å². The van der Waals surface area contributed by atoms with Crippen molar-refractivity contribution in [2.24, 2.45) is 4.99 Å². The topological polar surface area (TPSA) is 103 Å². The van der Waals surface area contributed by atoms with Crippen molar-refractivity contribution in [3.63, 3.8) is 0 Å². The van der Waals surface area contributed by atoms with Crippen LogP contribution in [0.3, 0.4) is 0 Å². The molecule has 0 fully saturated rings. The molecular weight excluding hydrogens is 491 g/mol. The Bertz CT molecular complexity index is 1270. The van der Waals surface area contributed by atoms with Crippen molar-refractivity contribution >= 4 is 29.2 Å². The first-order chi connectivity index (χ1) is 16.6. The van der Waals surface area contributed by atoms with Crippen molar-refractivity contribution in [1.29, 1.82) is 0 Å². The van der Waals surface area contributed by atoms with Crippen LogP contribution in [-0.4, -0.2) is 23.9 Å². The maximum Gasteiger partial charge on any atom is 0.416 e. The smallest absolute Gasteiger partial charge is 0.416 e. The SMILES string of the molecule is CNC(=O)N=C(OCc1ccccc1)c1cc(Oc2ccc(C(F)(F)F)cc2Cl)ccc1[N+](=O)[O-]. The Kier molecular flexibility index (Phi) is 7.92. The molecule has 8 nitrogen and oxygen atoms in total. The monoisotopic (exact) mass is 507 g/mol. The average molecular weight is 508 g/mol. The van der Waals surface area contributed by atoms with Gasteiger partial charge in [-0.2, -0.15) is 18.2 Å². The van der Waals surface area contributed by atoms with Crippen molar-refractivity contribution < 1.29 is 32.4 Å². The van der Waals surface area contributed by atoms with Crippen LogP contribution in [-0.2, 0) is 17.5 Å². The number of aliphatic imine (C=N–C) groups is 1. The van der Waals surface area contributed by atoms with Crippen LogP contribution >= 0.6 is 11.6 Å². The summed E-state index contributed by atoms with van der Waals surface area (Å²) in [6, 6.07) is 14.0. The highest BCUT2D eigenvalue weighted by molar-refractivity contribution is 6.32. The van der Waals surface area contributed by atoms with E-state index in [1.807, 2.05) is 0 Å². The van der Waals surface area contributed by atoms with Crippen LogP contribution < -0.4 is 10.1 Å². The Morgan fingerprint density at radius 2 is 1.83 bits per heavy atom. The standard InChI is InChI=1S/C23H17ClF3N3O5/c1-28-22(31)29-21(34-13-14-5-3-2-4-6-14)17-12-16(8-9-19(17)30(32)33)35-20-10-7-15(11-18(20)24)23(25,26)27/h2-12H,13H2,1H3,(H,28,31). The van der Waals surface area contributed by atoms with E-state index in [4.69, 9.17) is 21.1 Å². The van der Waals surface area contributed by atoms with E-state index in [9.17, 15) is 28.1 Å². The summed E-state index contributed by atoms with van der Waals surface area (Å²) in [6.07, 6.45) is -4.59. The molecule has 0 aliphatic heterocycles. The molecule has 3 rings (SSSR count). The van der Waals surface area contributed by atoms with Gasteiger partial charge in [0.15, 0.2) is 0 Å². The van der Waals surface area contributed by atoms with Crippen LogP contribution in [0.5, 0.6) is 11.5 Å². The fourth-order valence-electron chi connectivity index (χ4n) is 2.84. The van der Waals surface area contributed by atoms with E-state index in [1.165, 1.54) is 19.2 Å². The molecule has 0 atom stereocenters. The van der Waals surface area contributed by atoms with Gasteiger partial charge in [-0.05, 0) is 29.8 Å². The number of nitrogens with zero attached hydrogens (tertiary/aromatic N) is 2. The third kappa shape index (κ3) is 6.70. The predicted molar refractivity (Wildman–Crippen MR) is 122 cm³/mol. The van der Waals surface area contributed by atoms with Crippen molar-refractivity contribution in [1.82, 2.24) is 5.32 Å². The Morgan fingerprint density at radius 3 is 2.43 bits per heavy atom. The first kappa shape index (κ1) is 25.5. The van der Waals surface area contributed by atoms with Crippen LogP contribution in [0.2, 0.25) is 5.02 Å². The fraction of sp³-hybridized carbons (Fsp3) is 0.130. The number of nitro groups is 1. The van der Waals surface area contributed by atoms with E-state index in [2.05, 4.69) is 10.3 Å². The van der Waals surface area contributed by atoms with Gasteiger partial charge >= 0.3 is 12.2 Å². The number of urea groups is 1. The lowest BCUT2D eigenvalue weighted by molar-refractivity contribution is -0.385. The van der Waals surface area contributed by atoms with Crippen molar-refractivity contribution in [2.75, 3.05) is 7.05 Å². The highest BCUT2D eigenvalue weighted by Crippen LogP contribution is 2.37. The number of alkyl halides is 3. The number of amides is 2. The number of hydrogen-bond acceptors (Lipinski definition) is 5. The van der Waals surface area contributed by atoms with Crippen LogP contribution in [0, 0.1) is 10.1 Å². The van der Waals surface area contributed by atoms with Crippen LogP contribution in [0.1, 0.15) is 16.7 Å². The average Bonchev–Trinajstić information content (AvgIpc) is 2.82. The summed E-state index contributed by atoms with van der Waals surface area (Å²) in [7, 11) is 1.32. The molecule has 0 aliphatic rings. The number of hydrogen-bond donors (Lipinski definition) is 1. The van der Waals surface area contributed by atoms with Crippen LogP contribution in [0.25, 0.3) is 0 Å². The number of halogens is 4. The van der Waals surface area contributed by atoms with Crippen molar-refractivity contribution in [3.05, 3.63) is 98.6 Å². The van der Waals surface area contributed by atoms with Crippen molar-refractivity contribution in [2.45, 2.75) is 12.8 Å². The van der Waals surface area contributed by atoms with E-state index in [0.29, 0.717) is 11.6 Å². The number of benzene rings is 3. The molecule has 182 valence electrons. The van der Waals surface area contributed by atoms with Gasteiger partial charge in [-0.3, -0.25) is 10.1 Å². The molecular formula is C23H17ClF3N3O5. The highest BCUT2D eigenvalue weighted by Gasteiger charge is 2.31. The normalized spacial score (nSPS) is 11.6. The minimum Gasteiger partial charge on any atom is -0.472 e. The molecule has 0 unspecified atom stereocenters. The van der Waals surface area contributed by atoms with Gasteiger partial charge in [-0.15, -0.1) is 0 Å². The van der Waals surface area contributed by atoms with E-state index in [-0.39, 0.29) is 34.6 Å². The Labute approximate surface area is 202 Å². The van der Waals surface area contributed by atoms with Gasteiger partial charge in [0.05, 0.1) is 15.5 Å². The Balaban J connectivity index is 1.99. The zero-order valence-corrected chi connectivity index (χ0v) is 18.8. The van der Waals surface area contributed by atoms with E-state index in [1.54, 1.807) is 30.3 Å². The largest absolute Gasteiger partial charge is 0.472 e. The number of ether oxygens (including phenoxy) is 2. The third-order valence-electron chi connectivity index (χ3n) is 4.52. The molecule has 0 radical (unpaired) electrons. The van der Waals surface area contributed by atoms with E-state index < -0.39 is 28.4 Å². The van der Waals surface area contributed by atoms with Gasteiger partial charge in [-0.25, -0.2) is 4.79 Å². The molecule has 0 saturated carbocycles. The maximum atomic E-state index is 12.9. The van der Waals surface area contributed by atoms with Crippen LogP contribution in [0.15, 0.2) is 71.7 Å². The highest BCUT2D eigenvalue weighted by atomic mass is 35.5. The van der Waals surface area contributed by atoms with Crippen molar-refractivity contribution in [3.8, 4) is 11.5 Å². The van der Waals surface area contributed by atoms with E-state index in [0.717, 1.165) is 18.2 Å². The van der Waals surface area contributed by atoms with Gasteiger partial charge < -0.3 is 14.8 Å². The molecule has 3 aromatic rings. The molecule has 2 amide bonds. The Morgan fingerprint density at radius 1 is 1.11 bits per heavy atom. The summed E-state index contributed by atoms with van der Waals surface area (Å²) in [5, 5.41) is 13.6. The number of rotatable bonds is 6. The summed E-state index contributed by atoms with van der Waals surface area (Å²) in [4.78, 5) is 26.6. The zero-order valence-electron chi connectivity index (χ0n) is 18.0. The number of carbonyl (C=O) groups excluding carboxylic acids is 1. The minimum atomic E-state index is -4.59. The lowest BCUT2D eigenvalue weighted by Crippen LogP contribution is -2.18. The Hall–Kier alpha value is -4.12. The number of carbonyl (C=O) groups is 1. The lowest BCUT2D eigenvalue weighted by atomic mass is 10.1. The molecule has 0 heterocycles. The second kappa shape index (κ2) is 10.9. The van der Waals surface area contributed by atoms with Gasteiger partial charge in [-0.1, -0.05) is 41.9 Å². The van der Waals surface area contributed by atoms with E-state index >= 15 is 0 Å². The van der Waals surface area contributed by atoms with Gasteiger partial charge in [0.1, 0.15) is 23.7 Å². The summed E-state index contributed by atoms with van der Waals surface area (Å²) in [5.41, 5.74) is -0.876. The molecule has 3 aromatic carbocycles. The molecule has 0 aromatic heterocycles. The summed E-state index contributed by atoms with van der Waals surface area (Å²) in [5.74, 6) is -0.487. The summed E-state index contributed by atoms with van der Waals surface area (Å²) < 4.78 is 49.9. The van der Waals surface area contributed by atoms with Crippen LogP contribution in [0.4, 0.5) is 23.7 Å². The second-order valence-electron chi connectivity index (χ2n) is 6.93. The molecule has 12 heteroatoms. The molecule has 0 spiro atoms. The fourth-order valence-corrected chi connectivity index (χ4v) is 3.06. The second-order valence-corrected chi connectivity index (χ2v) is 7.33.